The molecule has 1 aliphatic heterocycles. The lowest BCUT2D eigenvalue weighted by molar-refractivity contribution is -0.149. The monoisotopic (exact) mass is 377 g/mol. The third-order valence-corrected chi connectivity index (χ3v) is 5.30. The molecule has 0 unspecified atom stereocenters. The molecule has 0 aliphatic carbocycles. The second-order valence-electron chi connectivity index (χ2n) is 6.66. The fourth-order valence-electron chi connectivity index (χ4n) is 3.20. The largest absolute Gasteiger partial charge is 0.481 e. The number of pyridine rings is 1. The Bertz CT molecular complexity index is 697. The number of anilines is 1. The number of piperazine rings is 1. The zero-order valence-corrected chi connectivity index (χ0v) is 15.8. The predicted octanol–water partition coefficient (Wildman–Crippen LogP) is 0.903. The Morgan fingerprint density at radius 2 is 1.85 bits per heavy atom. The molecule has 9 heteroatoms. The molecule has 2 heterocycles. The molecule has 0 bridgehead atoms. The van der Waals surface area contributed by atoms with Crippen molar-refractivity contribution in [2.45, 2.75) is 26.7 Å². The Balaban J connectivity index is 1.95. The van der Waals surface area contributed by atoms with Gasteiger partial charge in [-0.2, -0.15) is 0 Å². The Morgan fingerprint density at radius 1 is 1.22 bits per heavy atom. The Hall–Kier alpha value is -2.84. The first-order valence-electron chi connectivity index (χ1n) is 9.10. The predicted molar refractivity (Wildman–Crippen MR) is 101 cm³/mol. The maximum atomic E-state index is 12.4. The molecule has 0 radical (unpaired) electrons. The number of hydrogen-bond donors (Lipinski definition) is 3. The van der Waals surface area contributed by atoms with Gasteiger partial charge in [0, 0.05) is 38.9 Å². The molecule has 1 aliphatic rings. The van der Waals surface area contributed by atoms with Gasteiger partial charge in [-0.25, -0.2) is 9.78 Å². The molecule has 4 N–H and O–H groups in total. The second-order valence-corrected chi connectivity index (χ2v) is 6.66. The van der Waals surface area contributed by atoms with E-state index in [1.807, 2.05) is 18.7 Å². The van der Waals surface area contributed by atoms with Crippen LogP contribution in [0.2, 0.25) is 0 Å². The molecule has 0 saturated carbocycles. The standard InChI is InChI=1S/C18H27N5O4/c1-3-18(4-2,16(25)26)12-21-17(27)23-10-8-22(9-11-23)15-13(14(19)24)6-5-7-20-15/h5-7H,3-4,8-12H2,1-2H3,(H2,19,24)(H,21,27)(H,25,26). The number of carboxylic acids is 1. The summed E-state index contributed by atoms with van der Waals surface area (Å²) in [6.07, 6.45) is 2.49. The molecule has 0 aromatic carbocycles. The quantitative estimate of drug-likeness (QED) is 0.647. The summed E-state index contributed by atoms with van der Waals surface area (Å²) in [5.74, 6) is -0.916. The van der Waals surface area contributed by atoms with Gasteiger partial charge in [-0.05, 0) is 25.0 Å². The molecule has 1 fully saturated rings. The molecule has 27 heavy (non-hydrogen) atoms. The van der Waals surface area contributed by atoms with Crippen LogP contribution in [0.1, 0.15) is 37.0 Å². The molecule has 3 amide bonds. The maximum absolute atomic E-state index is 12.4. The van der Waals surface area contributed by atoms with Crippen molar-refractivity contribution in [2.24, 2.45) is 11.1 Å². The summed E-state index contributed by atoms with van der Waals surface area (Å²) in [7, 11) is 0. The van der Waals surface area contributed by atoms with Gasteiger partial charge < -0.3 is 26.0 Å². The third kappa shape index (κ3) is 4.47. The van der Waals surface area contributed by atoms with Crippen molar-refractivity contribution in [3.8, 4) is 0 Å². The van der Waals surface area contributed by atoms with E-state index in [1.165, 1.54) is 0 Å². The molecule has 1 aromatic rings. The van der Waals surface area contributed by atoms with E-state index >= 15 is 0 Å². The number of nitrogens with two attached hydrogens (primary N) is 1. The number of rotatable bonds is 7. The van der Waals surface area contributed by atoms with E-state index in [1.54, 1.807) is 23.2 Å². The summed E-state index contributed by atoms with van der Waals surface area (Å²) in [5, 5.41) is 12.2. The minimum absolute atomic E-state index is 0.0977. The number of aromatic nitrogens is 1. The number of nitrogens with one attached hydrogen (secondary N) is 1. The number of carboxylic acid groups (broad SMARTS) is 1. The zero-order chi connectivity index (χ0) is 20.0. The van der Waals surface area contributed by atoms with Crippen LogP contribution in [0.4, 0.5) is 10.6 Å². The smallest absolute Gasteiger partial charge is 0.317 e. The Labute approximate surface area is 158 Å². The van der Waals surface area contributed by atoms with E-state index in [4.69, 9.17) is 5.73 Å². The highest BCUT2D eigenvalue weighted by molar-refractivity contribution is 5.97. The number of primary amides is 1. The lowest BCUT2D eigenvalue weighted by Crippen LogP contribution is -2.54. The minimum atomic E-state index is -0.943. The average molecular weight is 377 g/mol. The van der Waals surface area contributed by atoms with Gasteiger partial charge in [0.1, 0.15) is 5.82 Å². The topological polar surface area (TPSA) is 129 Å². The summed E-state index contributed by atoms with van der Waals surface area (Å²) in [4.78, 5) is 43.3. The first-order valence-corrected chi connectivity index (χ1v) is 9.10. The van der Waals surface area contributed by atoms with Gasteiger partial charge in [0.25, 0.3) is 5.91 Å². The maximum Gasteiger partial charge on any atom is 0.317 e. The van der Waals surface area contributed by atoms with E-state index in [-0.39, 0.29) is 12.6 Å². The molecule has 148 valence electrons. The van der Waals surface area contributed by atoms with Crippen molar-refractivity contribution >= 4 is 23.7 Å². The van der Waals surface area contributed by atoms with Gasteiger partial charge >= 0.3 is 12.0 Å². The fraction of sp³-hybridized carbons (Fsp3) is 0.556. The van der Waals surface area contributed by atoms with Crippen LogP contribution < -0.4 is 16.0 Å². The number of urea groups is 1. The number of carbonyl (C=O) groups is 3. The summed E-state index contributed by atoms with van der Waals surface area (Å²) in [5.41, 5.74) is 4.81. The molecule has 0 spiro atoms. The second kappa shape index (κ2) is 8.70. The fourth-order valence-corrected chi connectivity index (χ4v) is 3.20. The van der Waals surface area contributed by atoms with Crippen LogP contribution in [0.5, 0.6) is 0 Å². The van der Waals surface area contributed by atoms with Crippen LogP contribution in [0.15, 0.2) is 18.3 Å². The zero-order valence-electron chi connectivity index (χ0n) is 15.8. The Kier molecular flexibility index (Phi) is 6.59. The summed E-state index contributed by atoms with van der Waals surface area (Å²) in [6, 6.07) is 3.01. The number of hydrogen-bond acceptors (Lipinski definition) is 5. The normalized spacial score (nSPS) is 14.7. The first kappa shape index (κ1) is 20.5. The summed E-state index contributed by atoms with van der Waals surface area (Å²) < 4.78 is 0. The van der Waals surface area contributed by atoms with Crippen LogP contribution in [-0.4, -0.2) is 65.6 Å². The van der Waals surface area contributed by atoms with Crippen molar-refractivity contribution in [3.05, 3.63) is 23.9 Å². The van der Waals surface area contributed by atoms with Crippen molar-refractivity contribution in [1.82, 2.24) is 15.2 Å². The van der Waals surface area contributed by atoms with Crippen LogP contribution >= 0.6 is 0 Å². The highest BCUT2D eigenvalue weighted by atomic mass is 16.4. The van der Waals surface area contributed by atoms with E-state index in [9.17, 15) is 19.5 Å². The van der Waals surface area contributed by atoms with Crippen molar-refractivity contribution < 1.29 is 19.5 Å². The summed E-state index contributed by atoms with van der Waals surface area (Å²) in [6.45, 7) is 5.63. The molecule has 9 nitrogen and oxygen atoms in total. The summed E-state index contributed by atoms with van der Waals surface area (Å²) >= 11 is 0. The average Bonchev–Trinajstić information content (AvgIpc) is 2.68. The lowest BCUT2D eigenvalue weighted by atomic mass is 9.82. The van der Waals surface area contributed by atoms with Gasteiger partial charge in [0.15, 0.2) is 0 Å². The lowest BCUT2D eigenvalue weighted by Gasteiger charge is -2.36. The van der Waals surface area contributed by atoms with Gasteiger partial charge in [-0.3, -0.25) is 9.59 Å². The Morgan fingerprint density at radius 3 is 2.37 bits per heavy atom. The molecule has 0 atom stereocenters. The number of nitrogens with zero attached hydrogens (tertiary/aromatic N) is 3. The van der Waals surface area contributed by atoms with Crippen molar-refractivity contribution in [3.63, 3.8) is 0 Å². The minimum Gasteiger partial charge on any atom is -0.481 e. The van der Waals surface area contributed by atoms with Crippen LogP contribution in [0.25, 0.3) is 0 Å². The molecule has 2 rings (SSSR count). The van der Waals surface area contributed by atoms with Crippen molar-refractivity contribution in [2.75, 3.05) is 37.6 Å². The number of carbonyl (C=O) groups excluding carboxylic acids is 2. The molecular weight excluding hydrogens is 350 g/mol. The SMILES string of the molecule is CCC(CC)(CNC(=O)N1CCN(c2ncccc2C(N)=O)CC1)C(=O)O. The number of amides is 3. The molecular formula is C18H27N5O4. The van der Waals surface area contributed by atoms with E-state index in [0.29, 0.717) is 50.4 Å². The van der Waals surface area contributed by atoms with Crippen LogP contribution in [-0.2, 0) is 4.79 Å². The molecule has 1 saturated heterocycles. The van der Waals surface area contributed by atoms with E-state index in [2.05, 4.69) is 10.3 Å². The highest BCUT2D eigenvalue weighted by Crippen LogP contribution is 2.26. The third-order valence-electron chi connectivity index (χ3n) is 5.30. The van der Waals surface area contributed by atoms with E-state index in [0.717, 1.165) is 0 Å². The highest BCUT2D eigenvalue weighted by Gasteiger charge is 2.36. The van der Waals surface area contributed by atoms with Crippen molar-refractivity contribution in [1.29, 1.82) is 0 Å². The van der Waals surface area contributed by atoms with Gasteiger partial charge in [-0.15, -0.1) is 0 Å². The van der Waals surface area contributed by atoms with Crippen LogP contribution in [0.3, 0.4) is 0 Å². The van der Waals surface area contributed by atoms with Crippen LogP contribution in [0, 0.1) is 5.41 Å². The van der Waals surface area contributed by atoms with Gasteiger partial charge in [-0.1, -0.05) is 13.8 Å². The molecule has 1 aromatic heterocycles. The first-order chi connectivity index (χ1) is 12.8. The van der Waals surface area contributed by atoms with Gasteiger partial charge in [0.2, 0.25) is 0 Å². The number of aliphatic carboxylic acids is 1. The van der Waals surface area contributed by atoms with Gasteiger partial charge in [0.05, 0.1) is 11.0 Å². The van der Waals surface area contributed by atoms with E-state index < -0.39 is 17.3 Å².